The normalized spacial score (nSPS) is 12.1. The number of aryl methyl sites for hydroxylation is 1. The van der Waals surface area contributed by atoms with Gasteiger partial charge in [0.15, 0.2) is 5.82 Å². The Morgan fingerprint density at radius 1 is 1.04 bits per heavy atom. The van der Waals surface area contributed by atoms with Crippen LogP contribution in [-0.4, -0.2) is 26.3 Å². The monoisotopic (exact) mass is 388 g/mol. The van der Waals surface area contributed by atoms with Gasteiger partial charge in [-0.15, -0.1) is 5.10 Å². The number of benzene rings is 3. The zero-order chi connectivity index (χ0) is 19.5. The van der Waals surface area contributed by atoms with Gasteiger partial charge in [0.2, 0.25) is 11.1 Å². The number of hydrogen-bond acceptors (Lipinski definition) is 4. The van der Waals surface area contributed by atoms with Gasteiger partial charge in [0.1, 0.15) is 0 Å². The van der Waals surface area contributed by atoms with E-state index in [-0.39, 0.29) is 11.2 Å². The number of carbonyl (C=O) groups is 1. The summed E-state index contributed by atoms with van der Waals surface area (Å²) < 4.78 is 0. The number of nitrogens with zero attached hydrogens (tertiary/aromatic N) is 2. The Morgan fingerprint density at radius 2 is 1.79 bits per heavy atom. The third-order valence-electron chi connectivity index (χ3n) is 4.49. The second-order valence-corrected chi connectivity index (χ2v) is 7.92. The van der Waals surface area contributed by atoms with E-state index < -0.39 is 0 Å². The number of hydrogen-bond donors (Lipinski definition) is 2. The highest BCUT2D eigenvalue weighted by atomic mass is 32.2. The molecule has 1 atom stereocenters. The van der Waals surface area contributed by atoms with Crippen LogP contribution >= 0.6 is 11.8 Å². The van der Waals surface area contributed by atoms with Gasteiger partial charge in [-0.2, -0.15) is 0 Å². The minimum Gasteiger partial charge on any atom is -0.325 e. The minimum atomic E-state index is -0.333. The molecule has 0 aliphatic rings. The van der Waals surface area contributed by atoms with E-state index in [1.54, 1.807) is 0 Å². The van der Waals surface area contributed by atoms with Gasteiger partial charge in [-0.05, 0) is 25.3 Å². The van der Waals surface area contributed by atoms with Crippen molar-refractivity contribution < 1.29 is 4.79 Å². The van der Waals surface area contributed by atoms with E-state index in [0.717, 1.165) is 22.0 Å². The quantitative estimate of drug-likeness (QED) is 0.469. The Bertz CT molecular complexity index is 1120. The maximum absolute atomic E-state index is 12.7. The number of carbonyl (C=O) groups excluding carboxylic acids is 1. The molecule has 0 radical (unpaired) electrons. The molecule has 0 saturated carbocycles. The Labute approximate surface area is 167 Å². The molecule has 1 aromatic heterocycles. The number of nitrogens with one attached hydrogen (secondary N) is 2. The maximum Gasteiger partial charge on any atom is 0.237 e. The van der Waals surface area contributed by atoms with Gasteiger partial charge in [-0.3, -0.25) is 9.89 Å². The zero-order valence-corrected chi connectivity index (χ0v) is 16.5. The standard InChI is InChI=1S/C22H20N4OS/c1-14-10-12-17(13-11-14)20-24-22(26-25-20)28-15(2)21(27)23-19-9-5-7-16-6-3-4-8-18(16)19/h3-13,15H,1-2H3,(H,23,27)(H,24,25,26)/t15-/m0/s1. The van der Waals surface area contributed by atoms with Gasteiger partial charge in [-0.25, -0.2) is 4.98 Å². The molecular formula is C22H20N4OS. The summed E-state index contributed by atoms with van der Waals surface area (Å²) >= 11 is 1.33. The fraction of sp³-hybridized carbons (Fsp3) is 0.136. The Hall–Kier alpha value is -3.12. The van der Waals surface area contributed by atoms with Crippen LogP contribution in [0.4, 0.5) is 5.69 Å². The Balaban J connectivity index is 1.45. The Kier molecular flexibility index (Phi) is 5.12. The van der Waals surface area contributed by atoms with Crippen LogP contribution in [-0.2, 0) is 4.79 Å². The third-order valence-corrected chi connectivity index (χ3v) is 5.45. The molecule has 28 heavy (non-hydrogen) atoms. The summed E-state index contributed by atoms with van der Waals surface area (Å²) in [4.78, 5) is 17.2. The molecule has 3 aromatic carbocycles. The number of thioether (sulfide) groups is 1. The highest BCUT2D eigenvalue weighted by Crippen LogP contribution is 2.26. The van der Waals surface area contributed by atoms with Crippen molar-refractivity contribution in [2.45, 2.75) is 24.3 Å². The molecule has 2 N–H and O–H groups in total. The van der Waals surface area contributed by atoms with Crippen molar-refractivity contribution in [1.29, 1.82) is 0 Å². The van der Waals surface area contributed by atoms with E-state index in [2.05, 4.69) is 20.5 Å². The van der Waals surface area contributed by atoms with E-state index in [1.807, 2.05) is 80.6 Å². The largest absolute Gasteiger partial charge is 0.325 e. The fourth-order valence-corrected chi connectivity index (χ4v) is 3.64. The van der Waals surface area contributed by atoms with Crippen molar-refractivity contribution in [2.75, 3.05) is 5.32 Å². The first kappa shape index (κ1) is 18.3. The predicted molar refractivity (Wildman–Crippen MR) is 114 cm³/mol. The lowest BCUT2D eigenvalue weighted by Gasteiger charge is -2.12. The molecule has 5 nitrogen and oxygen atoms in total. The summed E-state index contributed by atoms with van der Waals surface area (Å²) in [5.74, 6) is 0.618. The van der Waals surface area contributed by atoms with E-state index in [0.29, 0.717) is 11.0 Å². The average Bonchev–Trinajstić information content (AvgIpc) is 3.17. The SMILES string of the molecule is Cc1ccc(-c2nc(S[C@@H](C)C(=O)Nc3cccc4ccccc34)n[nH]2)cc1. The molecule has 0 spiro atoms. The van der Waals surface area contributed by atoms with Gasteiger partial charge in [0.05, 0.1) is 5.25 Å². The topological polar surface area (TPSA) is 70.7 Å². The molecule has 6 heteroatoms. The fourth-order valence-electron chi connectivity index (χ4n) is 2.92. The summed E-state index contributed by atoms with van der Waals surface area (Å²) in [5.41, 5.74) is 2.97. The molecule has 4 rings (SSSR count). The van der Waals surface area contributed by atoms with Gasteiger partial charge in [0.25, 0.3) is 0 Å². The predicted octanol–water partition coefficient (Wildman–Crippen LogP) is 5.05. The molecule has 0 bridgehead atoms. The lowest BCUT2D eigenvalue weighted by molar-refractivity contribution is -0.115. The molecule has 140 valence electrons. The molecule has 1 amide bonds. The maximum atomic E-state index is 12.7. The first-order valence-electron chi connectivity index (χ1n) is 9.05. The van der Waals surface area contributed by atoms with Gasteiger partial charge in [-0.1, -0.05) is 78.0 Å². The number of fused-ring (bicyclic) bond motifs is 1. The molecule has 0 aliphatic heterocycles. The van der Waals surface area contributed by atoms with Crippen LogP contribution in [0.1, 0.15) is 12.5 Å². The van der Waals surface area contributed by atoms with Crippen molar-refractivity contribution in [3.8, 4) is 11.4 Å². The van der Waals surface area contributed by atoms with Crippen LogP contribution in [0.2, 0.25) is 0 Å². The summed E-state index contributed by atoms with van der Waals surface area (Å²) in [6.45, 7) is 3.90. The molecular weight excluding hydrogens is 368 g/mol. The van der Waals surface area contributed by atoms with Crippen LogP contribution in [0.15, 0.2) is 71.9 Å². The van der Waals surface area contributed by atoms with Crippen LogP contribution in [0.25, 0.3) is 22.2 Å². The first-order chi connectivity index (χ1) is 13.6. The number of amides is 1. The highest BCUT2D eigenvalue weighted by molar-refractivity contribution is 8.00. The summed E-state index contributed by atoms with van der Waals surface area (Å²) in [6, 6.07) is 22.0. The van der Waals surface area contributed by atoms with E-state index in [1.165, 1.54) is 17.3 Å². The molecule has 0 aliphatic carbocycles. The van der Waals surface area contributed by atoms with Gasteiger partial charge in [0, 0.05) is 16.6 Å². The van der Waals surface area contributed by atoms with Crippen molar-refractivity contribution >= 4 is 34.1 Å². The van der Waals surface area contributed by atoms with Crippen molar-refractivity contribution in [1.82, 2.24) is 15.2 Å². The molecule has 1 heterocycles. The lowest BCUT2D eigenvalue weighted by atomic mass is 10.1. The van der Waals surface area contributed by atoms with E-state index >= 15 is 0 Å². The lowest BCUT2D eigenvalue weighted by Crippen LogP contribution is -2.22. The molecule has 4 aromatic rings. The van der Waals surface area contributed by atoms with Crippen molar-refractivity contribution in [3.63, 3.8) is 0 Å². The van der Waals surface area contributed by atoms with Crippen molar-refractivity contribution in [3.05, 3.63) is 72.3 Å². The number of aromatic nitrogens is 3. The smallest absolute Gasteiger partial charge is 0.237 e. The summed E-state index contributed by atoms with van der Waals surface area (Å²) in [6.07, 6.45) is 0. The molecule has 0 saturated heterocycles. The number of anilines is 1. The van der Waals surface area contributed by atoms with Crippen LogP contribution < -0.4 is 5.32 Å². The van der Waals surface area contributed by atoms with Gasteiger partial charge < -0.3 is 5.32 Å². The number of aromatic amines is 1. The van der Waals surface area contributed by atoms with E-state index in [4.69, 9.17) is 0 Å². The van der Waals surface area contributed by atoms with E-state index in [9.17, 15) is 4.79 Å². The summed E-state index contributed by atoms with van der Waals surface area (Å²) in [7, 11) is 0. The van der Waals surface area contributed by atoms with Crippen LogP contribution in [0.3, 0.4) is 0 Å². The summed E-state index contributed by atoms with van der Waals surface area (Å²) in [5, 5.41) is 12.5. The van der Waals surface area contributed by atoms with Crippen LogP contribution in [0, 0.1) is 6.92 Å². The number of H-pyrrole nitrogens is 1. The molecule has 0 fully saturated rings. The average molecular weight is 388 g/mol. The zero-order valence-electron chi connectivity index (χ0n) is 15.6. The van der Waals surface area contributed by atoms with Crippen molar-refractivity contribution in [2.24, 2.45) is 0 Å². The third kappa shape index (κ3) is 3.92. The second kappa shape index (κ2) is 7.86. The number of rotatable bonds is 5. The minimum absolute atomic E-state index is 0.0805. The second-order valence-electron chi connectivity index (χ2n) is 6.61. The van der Waals surface area contributed by atoms with Gasteiger partial charge >= 0.3 is 0 Å². The van der Waals surface area contributed by atoms with Crippen LogP contribution in [0.5, 0.6) is 0 Å². The molecule has 0 unspecified atom stereocenters. The highest BCUT2D eigenvalue weighted by Gasteiger charge is 2.18. The first-order valence-corrected chi connectivity index (χ1v) is 9.93. The Morgan fingerprint density at radius 3 is 2.61 bits per heavy atom.